The van der Waals surface area contributed by atoms with Gasteiger partial charge in [-0.05, 0) is 68.1 Å². The number of thiazole rings is 1. The number of anilines is 1. The maximum Gasteiger partial charge on any atom is 0.233 e. The van der Waals surface area contributed by atoms with E-state index in [1.54, 1.807) is 22.4 Å². The molecule has 0 atom stereocenters. The van der Waals surface area contributed by atoms with Crippen LogP contribution in [0, 0.1) is 27.7 Å². The van der Waals surface area contributed by atoms with Crippen LogP contribution in [0.3, 0.4) is 0 Å². The van der Waals surface area contributed by atoms with E-state index in [2.05, 4.69) is 56.9 Å². The van der Waals surface area contributed by atoms with Crippen LogP contribution in [0.5, 0.6) is 0 Å². The fraction of sp³-hybridized carbons (Fsp3) is 0.240. The molecule has 0 unspecified atom stereocenters. The molecule has 0 aliphatic rings. The molecule has 2 aromatic carbocycles. The summed E-state index contributed by atoms with van der Waals surface area (Å²) in [6, 6.07) is 16.2. The molecule has 4 aromatic rings. The zero-order valence-electron chi connectivity index (χ0n) is 17.8. The summed E-state index contributed by atoms with van der Waals surface area (Å²) < 4.78 is 1.13. The largest absolute Gasteiger partial charge is 0.282 e. The van der Waals surface area contributed by atoms with Gasteiger partial charge in [-0.2, -0.15) is 0 Å². The van der Waals surface area contributed by atoms with E-state index in [0.717, 1.165) is 32.2 Å². The third-order valence-corrected chi connectivity index (χ3v) is 6.46. The van der Waals surface area contributed by atoms with Crippen molar-refractivity contribution >= 4 is 32.6 Å². The molecule has 0 spiro atoms. The van der Waals surface area contributed by atoms with Crippen molar-refractivity contribution in [1.82, 2.24) is 9.97 Å². The summed E-state index contributed by atoms with van der Waals surface area (Å²) in [5, 5.41) is 0.721. The standard InChI is InChI=1S/C25H25N3OS/c1-16-8-9-20(18(3)11-16)14-23(29)28(15-21-7-5-6-10-26-21)25-27-22-13-17(2)12-19(4)24(22)30-25/h5-13H,14-15H2,1-4H3. The number of fused-ring (bicyclic) bond motifs is 1. The summed E-state index contributed by atoms with van der Waals surface area (Å²) in [5.41, 5.74) is 7.53. The third-order valence-electron chi connectivity index (χ3n) is 5.23. The number of nitrogens with zero attached hydrogens (tertiary/aromatic N) is 3. The van der Waals surface area contributed by atoms with Gasteiger partial charge >= 0.3 is 0 Å². The van der Waals surface area contributed by atoms with Gasteiger partial charge in [0.1, 0.15) is 0 Å². The van der Waals surface area contributed by atoms with Crippen molar-refractivity contribution in [3.8, 4) is 0 Å². The molecule has 2 aromatic heterocycles. The molecule has 0 aliphatic carbocycles. The molecule has 152 valence electrons. The van der Waals surface area contributed by atoms with Crippen molar-refractivity contribution in [2.45, 2.75) is 40.7 Å². The first-order valence-corrected chi connectivity index (χ1v) is 10.9. The van der Waals surface area contributed by atoms with Crippen LogP contribution in [0.4, 0.5) is 5.13 Å². The Labute approximate surface area is 181 Å². The van der Waals surface area contributed by atoms with Crippen molar-refractivity contribution in [3.05, 3.63) is 88.2 Å². The smallest absolute Gasteiger partial charge is 0.233 e. The molecule has 30 heavy (non-hydrogen) atoms. The van der Waals surface area contributed by atoms with Crippen molar-refractivity contribution in [1.29, 1.82) is 0 Å². The van der Waals surface area contributed by atoms with Crippen LogP contribution in [0.1, 0.15) is 33.5 Å². The first-order chi connectivity index (χ1) is 14.4. The van der Waals surface area contributed by atoms with Gasteiger partial charge in [-0.25, -0.2) is 4.98 Å². The summed E-state index contributed by atoms with van der Waals surface area (Å²) in [6.45, 7) is 8.70. The second kappa shape index (κ2) is 8.36. The topological polar surface area (TPSA) is 46.1 Å². The Morgan fingerprint density at radius 3 is 2.50 bits per heavy atom. The molecular weight excluding hydrogens is 390 g/mol. The lowest BCUT2D eigenvalue weighted by Crippen LogP contribution is -2.32. The highest BCUT2D eigenvalue weighted by atomic mass is 32.1. The van der Waals surface area contributed by atoms with E-state index >= 15 is 0 Å². The van der Waals surface area contributed by atoms with E-state index in [1.807, 2.05) is 24.3 Å². The summed E-state index contributed by atoms with van der Waals surface area (Å²) >= 11 is 1.57. The number of amides is 1. The number of carbonyl (C=O) groups is 1. The lowest BCUT2D eigenvalue weighted by atomic mass is 10.0. The molecule has 0 radical (unpaired) electrons. The number of benzene rings is 2. The number of pyridine rings is 1. The van der Waals surface area contributed by atoms with Crippen molar-refractivity contribution in [2.24, 2.45) is 0 Å². The Hall–Kier alpha value is -3.05. The first-order valence-electron chi connectivity index (χ1n) is 10.0. The predicted molar refractivity (Wildman–Crippen MR) is 124 cm³/mol. The SMILES string of the molecule is Cc1ccc(CC(=O)N(Cc2ccccn2)c2nc3cc(C)cc(C)c3s2)c(C)c1. The van der Waals surface area contributed by atoms with Gasteiger partial charge in [-0.3, -0.25) is 14.7 Å². The van der Waals surface area contributed by atoms with E-state index in [0.29, 0.717) is 13.0 Å². The normalized spacial score (nSPS) is 11.1. The van der Waals surface area contributed by atoms with Crippen molar-refractivity contribution < 1.29 is 4.79 Å². The molecule has 0 bridgehead atoms. The number of hydrogen-bond acceptors (Lipinski definition) is 4. The summed E-state index contributed by atoms with van der Waals surface area (Å²) in [5.74, 6) is 0.0287. The van der Waals surface area contributed by atoms with Crippen molar-refractivity contribution in [2.75, 3.05) is 4.90 Å². The minimum Gasteiger partial charge on any atom is -0.282 e. The molecule has 5 heteroatoms. The first kappa shape index (κ1) is 20.2. The molecule has 0 fully saturated rings. The zero-order chi connectivity index (χ0) is 21.3. The highest BCUT2D eigenvalue weighted by molar-refractivity contribution is 7.22. The average molecular weight is 416 g/mol. The Kier molecular flexibility index (Phi) is 5.64. The van der Waals surface area contributed by atoms with Gasteiger partial charge in [0.2, 0.25) is 5.91 Å². The number of aryl methyl sites for hydroxylation is 4. The number of carbonyl (C=O) groups excluding carboxylic acids is 1. The Morgan fingerprint density at radius 1 is 0.967 bits per heavy atom. The van der Waals surface area contributed by atoms with Crippen LogP contribution >= 0.6 is 11.3 Å². The summed E-state index contributed by atoms with van der Waals surface area (Å²) in [7, 11) is 0. The van der Waals surface area contributed by atoms with Gasteiger partial charge < -0.3 is 0 Å². The zero-order valence-corrected chi connectivity index (χ0v) is 18.6. The molecule has 2 heterocycles. The van der Waals surface area contributed by atoms with Crippen LogP contribution in [-0.2, 0) is 17.8 Å². The highest BCUT2D eigenvalue weighted by Gasteiger charge is 2.22. The van der Waals surface area contributed by atoms with Crippen LogP contribution in [-0.4, -0.2) is 15.9 Å². The molecule has 0 saturated heterocycles. The average Bonchev–Trinajstić information content (AvgIpc) is 3.13. The van der Waals surface area contributed by atoms with Crippen LogP contribution in [0.25, 0.3) is 10.2 Å². The van der Waals surface area contributed by atoms with Gasteiger partial charge in [0, 0.05) is 6.20 Å². The maximum atomic E-state index is 13.4. The van der Waals surface area contributed by atoms with Gasteiger partial charge in [-0.15, -0.1) is 0 Å². The molecule has 0 N–H and O–H groups in total. The third kappa shape index (κ3) is 4.26. The second-order valence-corrected chi connectivity index (χ2v) is 8.81. The molecule has 4 rings (SSSR count). The molecule has 0 aliphatic heterocycles. The molecule has 4 nitrogen and oxygen atoms in total. The lowest BCUT2D eigenvalue weighted by Gasteiger charge is -2.20. The van der Waals surface area contributed by atoms with Gasteiger partial charge in [-0.1, -0.05) is 47.2 Å². The Bertz CT molecular complexity index is 1210. The molecular formula is C25H25N3OS. The second-order valence-electron chi connectivity index (χ2n) is 7.83. The minimum atomic E-state index is 0.0287. The Morgan fingerprint density at radius 2 is 1.77 bits per heavy atom. The molecule has 0 saturated carbocycles. The van der Waals surface area contributed by atoms with E-state index in [4.69, 9.17) is 4.98 Å². The van der Waals surface area contributed by atoms with E-state index in [-0.39, 0.29) is 5.91 Å². The van der Waals surface area contributed by atoms with E-state index < -0.39 is 0 Å². The van der Waals surface area contributed by atoms with Crippen LogP contribution in [0.2, 0.25) is 0 Å². The maximum absolute atomic E-state index is 13.4. The van der Waals surface area contributed by atoms with Crippen molar-refractivity contribution in [3.63, 3.8) is 0 Å². The van der Waals surface area contributed by atoms with E-state index in [9.17, 15) is 4.79 Å². The number of rotatable bonds is 5. The highest BCUT2D eigenvalue weighted by Crippen LogP contribution is 2.33. The Balaban J connectivity index is 1.72. The molecule has 1 amide bonds. The number of hydrogen-bond donors (Lipinski definition) is 0. The van der Waals surface area contributed by atoms with Crippen LogP contribution < -0.4 is 4.90 Å². The minimum absolute atomic E-state index is 0.0287. The number of aromatic nitrogens is 2. The summed E-state index contributed by atoms with van der Waals surface area (Å²) in [6.07, 6.45) is 2.10. The van der Waals surface area contributed by atoms with E-state index in [1.165, 1.54) is 16.7 Å². The lowest BCUT2D eigenvalue weighted by molar-refractivity contribution is -0.118. The fourth-order valence-electron chi connectivity index (χ4n) is 3.70. The van der Waals surface area contributed by atoms with Gasteiger partial charge in [0.15, 0.2) is 5.13 Å². The monoisotopic (exact) mass is 415 g/mol. The summed E-state index contributed by atoms with van der Waals surface area (Å²) in [4.78, 5) is 24.5. The fourth-order valence-corrected chi connectivity index (χ4v) is 4.73. The quantitative estimate of drug-likeness (QED) is 0.420. The van der Waals surface area contributed by atoms with Gasteiger partial charge in [0.05, 0.1) is 28.9 Å². The van der Waals surface area contributed by atoms with Gasteiger partial charge in [0.25, 0.3) is 0 Å². The predicted octanol–water partition coefficient (Wildman–Crippen LogP) is 5.70. The van der Waals surface area contributed by atoms with Crippen LogP contribution in [0.15, 0.2) is 54.7 Å².